The normalized spacial score (nSPS) is 10.2. The maximum Gasteiger partial charge on any atom is 0.224 e. The predicted octanol–water partition coefficient (Wildman–Crippen LogP) is 2.94. The summed E-state index contributed by atoms with van der Waals surface area (Å²) in [5.41, 5.74) is 4.46. The van der Waals surface area contributed by atoms with Gasteiger partial charge in [-0.25, -0.2) is 4.98 Å². The summed E-state index contributed by atoms with van der Waals surface area (Å²) < 4.78 is 0. The lowest BCUT2D eigenvalue weighted by molar-refractivity contribution is 1.11. The van der Waals surface area contributed by atoms with E-state index in [2.05, 4.69) is 50.6 Å². The predicted molar refractivity (Wildman–Crippen MR) is 85.1 cm³/mol. The van der Waals surface area contributed by atoms with Crippen molar-refractivity contribution >= 4 is 23.1 Å². The highest BCUT2D eigenvalue weighted by Crippen LogP contribution is 2.25. The van der Waals surface area contributed by atoms with Crippen LogP contribution >= 0.6 is 0 Å². The van der Waals surface area contributed by atoms with Crippen LogP contribution in [0.2, 0.25) is 0 Å². The van der Waals surface area contributed by atoms with Crippen LogP contribution in [-0.4, -0.2) is 31.1 Å². The van der Waals surface area contributed by atoms with E-state index < -0.39 is 0 Å². The number of benzene rings is 1. The number of aromatic nitrogens is 2. The summed E-state index contributed by atoms with van der Waals surface area (Å²) in [6.07, 6.45) is 1.81. The van der Waals surface area contributed by atoms with Crippen molar-refractivity contribution in [3.63, 3.8) is 0 Å². The molecule has 2 N–H and O–H groups in total. The smallest absolute Gasteiger partial charge is 0.224 e. The second kappa shape index (κ2) is 5.77. The molecule has 5 nitrogen and oxygen atoms in total. The van der Waals surface area contributed by atoms with Crippen LogP contribution in [-0.2, 0) is 0 Å². The Morgan fingerprint density at radius 2 is 1.85 bits per heavy atom. The summed E-state index contributed by atoms with van der Waals surface area (Å²) in [7, 11) is 5.90. The van der Waals surface area contributed by atoms with Gasteiger partial charge in [0.05, 0.1) is 0 Å². The van der Waals surface area contributed by atoms with Crippen molar-refractivity contribution in [3.8, 4) is 0 Å². The van der Waals surface area contributed by atoms with E-state index in [1.165, 1.54) is 11.3 Å². The van der Waals surface area contributed by atoms with Crippen molar-refractivity contribution in [1.29, 1.82) is 0 Å². The molecular formula is C15H21N5. The van der Waals surface area contributed by atoms with Gasteiger partial charge in [-0.05, 0) is 31.5 Å². The molecule has 5 heteroatoms. The zero-order valence-electron chi connectivity index (χ0n) is 12.7. The van der Waals surface area contributed by atoms with Gasteiger partial charge in [0.25, 0.3) is 0 Å². The summed E-state index contributed by atoms with van der Waals surface area (Å²) in [6, 6.07) is 6.28. The second-order valence-corrected chi connectivity index (χ2v) is 5.00. The molecule has 1 aromatic carbocycles. The van der Waals surface area contributed by atoms with E-state index in [4.69, 9.17) is 0 Å². The average molecular weight is 271 g/mol. The minimum absolute atomic E-state index is 0.609. The lowest BCUT2D eigenvalue weighted by Gasteiger charge is -2.17. The van der Waals surface area contributed by atoms with Crippen molar-refractivity contribution in [1.82, 2.24) is 9.97 Å². The molecule has 0 radical (unpaired) electrons. The molecule has 0 aliphatic rings. The van der Waals surface area contributed by atoms with Crippen LogP contribution in [0.5, 0.6) is 0 Å². The Kier molecular flexibility index (Phi) is 4.08. The molecule has 0 saturated heterocycles. The van der Waals surface area contributed by atoms with Crippen molar-refractivity contribution in [2.45, 2.75) is 13.8 Å². The quantitative estimate of drug-likeness (QED) is 0.895. The minimum Gasteiger partial charge on any atom is -0.377 e. The number of nitrogens with one attached hydrogen (secondary N) is 2. The van der Waals surface area contributed by atoms with Gasteiger partial charge in [0, 0.05) is 44.3 Å². The van der Waals surface area contributed by atoms with Gasteiger partial charge in [0.1, 0.15) is 5.82 Å². The third-order valence-corrected chi connectivity index (χ3v) is 3.15. The first-order valence-corrected chi connectivity index (χ1v) is 6.57. The first-order valence-electron chi connectivity index (χ1n) is 6.57. The summed E-state index contributed by atoms with van der Waals surface area (Å²) in [6.45, 7) is 4.09. The van der Waals surface area contributed by atoms with Crippen molar-refractivity contribution in [2.24, 2.45) is 0 Å². The van der Waals surface area contributed by atoms with Crippen LogP contribution < -0.4 is 15.5 Å². The number of hydrogen-bond acceptors (Lipinski definition) is 5. The van der Waals surface area contributed by atoms with Crippen LogP contribution in [0.25, 0.3) is 0 Å². The van der Waals surface area contributed by atoms with E-state index in [1.807, 2.05) is 34.3 Å². The highest BCUT2D eigenvalue weighted by Gasteiger charge is 2.06. The fourth-order valence-corrected chi connectivity index (χ4v) is 1.99. The highest BCUT2D eigenvalue weighted by atomic mass is 15.1. The van der Waals surface area contributed by atoms with Gasteiger partial charge in [-0.2, -0.15) is 4.98 Å². The van der Waals surface area contributed by atoms with Crippen molar-refractivity contribution in [3.05, 3.63) is 35.5 Å². The zero-order chi connectivity index (χ0) is 14.7. The summed E-state index contributed by atoms with van der Waals surface area (Å²) in [5.74, 6) is 1.43. The molecule has 1 heterocycles. The van der Waals surface area contributed by atoms with Gasteiger partial charge < -0.3 is 15.5 Å². The molecule has 0 spiro atoms. The number of rotatable bonds is 4. The number of hydrogen-bond donors (Lipinski definition) is 2. The summed E-state index contributed by atoms with van der Waals surface area (Å²) >= 11 is 0. The van der Waals surface area contributed by atoms with Gasteiger partial charge in [0.15, 0.2) is 0 Å². The van der Waals surface area contributed by atoms with E-state index in [0.29, 0.717) is 5.95 Å². The molecule has 0 bridgehead atoms. The first-order chi connectivity index (χ1) is 9.51. The molecule has 2 aromatic rings. The van der Waals surface area contributed by atoms with Crippen LogP contribution in [0.1, 0.15) is 11.1 Å². The number of anilines is 4. The Labute approximate surface area is 120 Å². The van der Waals surface area contributed by atoms with Crippen LogP contribution in [0.3, 0.4) is 0 Å². The van der Waals surface area contributed by atoms with E-state index in [-0.39, 0.29) is 0 Å². The minimum atomic E-state index is 0.609. The molecule has 2 rings (SSSR count). The van der Waals surface area contributed by atoms with E-state index in [9.17, 15) is 0 Å². The van der Waals surface area contributed by atoms with E-state index in [1.54, 1.807) is 0 Å². The highest BCUT2D eigenvalue weighted by molar-refractivity contribution is 5.67. The monoisotopic (exact) mass is 271 g/mol. The van der Waals surface area contributed by atoms with Crippen LogP contribution in [0.15, 0.2) is 24.4 Å². The van der Waals surface area contributed by atoms with Crippen molar-refractivity contribution < 1.29 is 0 Å². The fraction of sp³-hybridized carbons (Fsp3) is 0.333. The summed E-state index contributed by atoms with van der Waals surface area (Å²) in [5, 5.41) is 6.30. The fourth-order valence-electron chi connectivity index (χ4n) is 1.99. The third-order valence-electron chi connectivity index (χ3n) is 3.15. The first kappa shape index (κ1) is 14.1. The standard InChI is InChI=1S/C15H21N5/c1-10-6-7-12(8-13(10)20(4)5)18-14-11(2)9-17-15(16-3)19-14/h6-9H,1-5H3,(H2,16,17,18,19). The Balaban J connectivity index is 2.32. The molecule has 0 aliphatic carbocycles. The Bertz CT molecular complexity index is 607. The van der Waals surface area contributed by atoms with Gasteiger partial charge >= 0.3 is 0 Å². The topological polar surface area (TPSA) is 53.1 Å². The molecule has 0 unspecified atom stereocenters. The van der Waals surface area contributed by atoms with Crippen molar-refractivity contribution in [2.75, 3.05) is 36.7 Å². The zero-order valence-corrected chi connectivity index (χ0v) is 12.7. The number of nitrogens with zero attached hydrogens (tertiary/aromatic N) is 3. The lowest BCUT2D eigenvalue weighted by Crippen LogP contribution is -2.10. The third kappa shape index (κ3) is 2.99. The molecule has 0 atom stereocenters. The SMILES string of the molecule is CNc1ncc(C)c(Nc2ccc(C)c(N(C)C)c2)n1. The Morgan fingerprint density at radius 1 is 1.10 bits per heavy atom. The molecule has 0 amide bonds. The lowest BCUT2D eigenvalue weighted by atomic mass is 10.1. The van der Waals surface area contributed by atoms with Gasteiger partial charge in [0.2, 0.25) is 5.95 Å². The Hall–Kier alpha value is -2.30. The van der Waals surface area contributed by atoms with Crippen LogP contribution in [0, 0.1) is 13.8 Å². The van der Waals surface area contributed by atoms with Gasteiger partial charge in [-0.3, -0.25) is 0 Å². The van der Waals surface area contributed by atoms with E-state index >= 15 is 0 Å². The summed E-state index contributed by atoms with van der Waals surface area (Å²) in [4.78, 5) is 10.7. The molecular weight excluding hydrogens is 250 g/mol. The largest absolute Gasteiger partial charge is 0.377 e. The molecule has 0 fully saturated rings. The number of aryl methyl sites for hydroxylation is 2. The van der Waals surface area contributed by atoms with Gasteiger partial charge in [-0.15, -0.1) is 0 Å². The second-order valence-electron chi connectivity index (χ2n) is 5.00. The molecule has 1 aromatic heterocycles. The Morgan fingerprint density at radius 3 is 2.50 bits per heavy atom. The average Bonchev–Trinajstić information content (AvgIpc) is 2.43. The molecule has 20 heavy (non-hydrogen) atoms. The molecule has 0 saturated carbocycles. The van der Waals surface area contributed by atoms with Gasteiger partial charge in [-0.1, -0.05) is 6.07 Å². The molecule has 106 valence electrons. The maximum absolute atomic E-state index is 4.44. The van der Waals surface area contributed by atoms with Crippen LogP contribution in [0.4, 0.5) is 23.1 Å². The van der Waals surface area contributed by atoms with E-state index in [0.717, 1.165) is 17.1 Å². The molecule has 0 aliphatic heterocycles. The maximum atomic E-state index is 4.44.